The second kappa shape index (κ2) is 7.79. The van der Waals surface area contributed by atoms with Crippen molar-refractivity contribution in [3.63, 3.8) is 0 Å². The fourth-order valence-electron chi connectivity index (χ4n) is 2.12. The molecular formula is C18H24N2O3S. The molecule has 0 bridgehead atoms. The number of nitrogens with one attached hydrogen (secondary N) is 2. The van der Waals surface area contributed by atoms with Crippen molar-refractivity contribution in [3.8, 4) is 0 Å². The summed E-state index contributed by atoms with van der Waals surface area (Å²) in [5, 5.41) is 6.53. The van der Waals surface area contributed by atoms with Crippen molar-refractivity contribution >= 4 is 28.1 Å². The Balaban J connectivity index is 2.14. The normalized spacial score (nSPS) is 11.4. The van der Waals surface area contributed by atoms with E-state index in [4.69, 9.17) is 4.89 Å². The smallest absolute Gasteiger partial charge is 0.308 e. The Bertz CT molecular complexity index is 705. The summed E-state index contributed by atoms with van der Waals surface area (Å²) in [6, 6.07) is 9.44. The molecule has 0 saturated heterocycles. The fourth-order valence-corrected chi connectivity index (χ4v) is 3.24. The van der Waals surface area contributed by atoms with E-state index in [-0.39, 0.29) is 18.1 Å². The van der Waals surface area contributed by atoms with Crippen LogP contribution in [0, 0.1) is 6.92 Å². The van der Waals surface area contributed by atoms with Crippen LogP contribution in [0.25, 0.3) is 0 Å². The van der Waals surface area contributed by atoms with Crippen LogP contribution in [0.4, 0.5) is 15.5 Å². The third-order valence-electron chi connectivity index (χ3n) is 3.38. The first kappa shape index (κ1) is 18.4. The number of amides is 2. The molecule has 0 atom stereocenters. The van der Waals surface area contributed by atoms with Gasteiger partial charge in [-0.15, -0.1) is 11.3 Å². The van der Waals surface area contributed by atoms with E-state index >= 15 is 0 Å². The number of carbonyl (C=O) groups is 1. The van der Waals surface area contributed by atoms with Gasteiger partial charge in [-0.25, -0.2) is 14.6 Å². The third kappa shape index (κ3) is 5.06. The van der Waals surface area contributed by atoms with E-state index in [1.807, 2.05) is 37.3 Å². The topological polar surface area (TPSA) is 59.6 Å². The van der Waals surface area contributed by atoms with E-state index in [0.717, 1.165) is 21.8 Å². The molecule has 6 heteroatoms. The second-order valence-electron chi connectivity index (χ2n) is 6.59. The van der Waals surface area contributed by atoms with Gasteiger partial charge < -0.3 is 5.32 Å². The zero-order valence-corrected chi connectivity index (χ0v) is 15.5. The van der Waals surface area contributed by atoms with Crippen molar-refractivity contribution < 1.29 is 14.6 Å². The van der Waals surface area contributed by atoms with E-state index < -0.39 is 0 Å². The molecule has 0 radical (unpaired) electrons. The minimum absolute atomic E-state index is 0.000559. The maximum Gasteiger partial charge on any atom is 0.324 e. The summed E-state index contributed by atoms with van der Waals surface area (Å²) >= 11 is 1.55. The predicted molar refractivity (Wildman–Crippen MR) is 98.6 cm³/mol. The van der Waals surface area contributed by atoms with Gasteiger partial charge in [-0.1, -0.05) is 32.9 Å². The fraction of sp³-hybridized carbons (Fsp3) is 0.389. The standard InChI is InChI=1S/C18H24N2O3S/c1-12-7-6-8-14(9-12)19-17(21)20-16-13(11-23-22-5)10-15(24-16)18(2,3)4/h6-10H,11H2,1-5H3,(H2,19,20,21). The molecule has 2 N–H and O–H groups in total. The Morgan fingerprint density at radius 1 is 1.21 bits per heavy atom. The highest BCUT2D eigenvalue weighted by Gasteiger charge is 2.21. The van der Waals surface area contributed by atoms with Crippen molar-refractivity contribution in [1.82, 2.24) is 0 Å². The molecule has 2 aromatic rings. The molecule has 130 valence electrons. The summed E-state index contributed by atoms with van der Waals surface area (Å²) in [4.78, 5) is 23.2. The van der Waals surface area contributed by atoms with E-state index in [2.05, 4.69) is 36.3 Å². The average Bonchev–Trinajstić information content (AvgIpc) is 2.88. The van der Waals surface area contributed by atoms with Crippen molar-refractivity contribution in [1.29, 1.82) is 0 Å². The van der Waals surface area contributed by atoms with Gasteiger partial charge in [0.1, 0.15) is 11.6 Å². The van der Waals surface area contributed by atoms with Gasteiger partial charge in [0.15, 0.2) is 0 Å². The van der Waals surface area contributed by atoms with Crippen LogP contribution in [-0.4, -0.2) is 13.1 Å². The minimum atomic E-state index is -0.276. The van der Waals surface area contributed by atoms with Crippen LogP contribution >= 0.6 is 11.3 Å². The summed E-state index contributed by atoms with van der Waals surface area (Å²) in [5.74, 6) is 0. The van der Waals surface area contributed by atoms with E-state index in [0.29, 0.717) is 0 Å². The monoisotopic (exact) mass is 348 g/mol. The summed E-state index contributed by atoms with van der Waals surface area (Å²) in [6.07, 6.45) is 0. The largest absolute Gasteiger partial charge is 0.324 e. The van der Waals surface area contributed by atoms with Gasteiger partial charge >= 0.3 is 6.03 Å². The Labute approximate surface area is 146 Å². The lowest BCUT2D eigenvalue weighted by Gasteiger charge is -2.15. The lowest BCUT2D eigenvalue weighted by Crippen LogP contribution is -2.19. The summed E-state index contributed by atoms with van der Waals surface area (Å²) in [6.45, 7) is 8.67. The number of hydrogen-bond acceptors (Lipinski definition) is 4. The molecule has 0 unspecified atom stereocenters. The highest BCUT2D eigenvalue weighted by atomic mass is 32.1. The number of anilines is 2. The highest BCUT2D eigenvalue weighted by Crippen LogP contribution is 2.36. The van der Waals surface area contributed by atoms with Crippen molar-refractivity contribution in [2.45, 2.75) is 39.7 Å². The van der Waals surface area contributed by atoms with Crippen LogP contribution < -0.4 is 10.6 Å². The molecule has 2 amide bonds. The molecule has 0 aliphatic heterocycles. The quantitative estimate of drug-likeness (QED) is 0.585. The van der Waals surface area contributed by atoms with Crippen molar-refractivity contribution in [2.24, 2.45) is 0 Å². The van der Waals surface area contributed by atoms with Gasteiger partial charge in [-0.3, -0.25) is 5.32 Å². The number of rotatable bonds is 5. The molecule has 1 heterocycles. The van der Waals surface area contributed by atoms with Crippen LogP contribution in [0.5, 0.6) is 0 Å². The lowest BCUT2D eigenvalue weighted by molar-refractivity contribution is -0.282. The molecular weight excluding hydrogens is 324 g/mol. The molecule has 24 heavy (non-hydrogen) atoms. The van der Waals surface area contributed by atoms with Crippen molar-refractivity contribution in [3.05, 3.63) is 46.3 Å². The Hall–Kier alpha value is -1.89. The Morgan fingerprint density at radius 3 is 2.58 bits per heavy atom. The van der Waals surface area contributed by atoms with Gasteiger partial charge in [0.05, 0.1) is 7.11 Å². The molecule has 0 saturated carbocycles. The first-order valence-corrected chi connectivity index (χ1v) is 8.54. The van der Waals surface area contributed by atoms with Crippen LogP contribution in [0.1, 0.15) is 36.8 Å². The average molecular weight is 348 g/mol. The van der Waals surface area contributed by atoms with E-state index in [1.165, 1.54) is 12.0 Å². The molecule has 5 nitrogen and oxygen atoms in total. The number of hydrogen-bond donors (Lipinski definition) is 2. The van der Waals surface area contributed by atoms with Crippen LogP contribution in [0.15, 0.2) is 30.3 Å². The number of benzene rings is 1. The summed E-state index contributed by atoms with van der Waals surface area (Å²) < 4.78 is 0. The Kier molecular flexibility index (Phi) is 5.99. The van der Waals surface area contributed by atoms with Crippen LogP contribution in [-0.2, 0) is 21.8 Å². The van der Waals surface area contributed by atoms with Gasteiger partial charge in [0.25, 0.3) is 0 Å². The van der Waals surface area contributed by atoms with Gasteiger partial charge in [-0.05, 0) is 36.1 Å². The van der Waals surface area contributed by atoms with Crippen LogP contribution in [0.3, 0.4) is 0 Å². The van der Waals surface area contributed by atoms with E-state index in [1.54, 1.807) is 11.3 Å². The first-order valence-electron chi connectivity index (χ1n) is 7.73. The summed E-state index contributed by atoms with van der Waals surface area (Å²) in [5.41, 5.74) is 2.74. The molecule has 0 aliphatic rings. The Morgan fingerprint density at radius 2 is 1.96 bits per heavy atom. The minimum Gasteiger partial charge on any atom is -0.308 e. The molecule has 1 aromatic carbocycles. The highest BCUT2D eigenvalue weighted by molar-refractivity contribution is 7.16. The number of aryl methyl sites for hydroxylation is 1. The van der Waals surface area contributed by atoms with Crippen LogP contribution in [0.2, 0.25) is 0 Å². The maximum absolute atomic E-state index is 12.3. The third-order valence-corrected chi connectivity index (χ3v) is 4.90. The molecule has 1 aromatic heterocycles. The van der Waals surface area contributed by atoms with E-state index in [9.17, 15) is 4.79 Å². The molecule has 0 spiro atoms. The number of thiophene rings is 1. The summed E-state index contributed by atoms with van der Waals surface area (Å²) in [7, 11) is 1.47. The zero-order valence-electron chi connectivity index (χ0n) is 14.7. The van der Waals surface area contributed by atoms with Crippen molar-refractivity contribution in [2.75, 3.05) is 17.7 Å². The van der Waals surface area contributed by atoms with Gasteiger partial charge in [0, 0.05) is 16.1 Å². The second-order valence-corrected chi connectivity index (χ2v) is 7.64. The van der Waals surface area contributed by atoms with Gasteiger partial charge in [0.2, 0.25) is 0 Å². The number of carbonyl (C=O) groups excluding carboxylic acids is 1. The molecule has 2 rings (SSSR count). The number of urea groups is 1. The molecule has 0 aliphatic carbocycles. The van der Waals surface area contributed by atoms with Gasteiger partial charge in [-0.2, -0.15) is 0 Å². The SMILES string of the molecule is COOCc1cc(C(C)(C)C)sc1NC(=O)Nc1cccc(C)c1. The maximum atomic E-state index is 12.3. The lowest BCUT2D eigenvalue weighted by atomic mass is 9.94. The predicted octanol–water partition coefficient (Wildman–Crippen LogP) is 5.08. The molecule has 0 fully saturated rings. The zero-order chi connectivity index (χ0) is 17.7. The first-order chi connectivity index (χ1) is 11.3.